The van der Waals surface area contributed by atoms with Crippen LogP contribution in [0.3, 0.4) is 0 Å². The van der Waals surface area contributed by atoms with Crippen LogP contribution in [0.5, 0.6) is 0 Å². The van der Waals surface area contributed by atoms with Crippen LogP contribution in [0, 0.1) is 0 Å². The fraction of sp³-hybridized carbons (Fsp3) is 0.533. The van der Waals surface area contributed by atoms with E-state index in [0.29, 0.717) is 6.04 Å². The molecular formula is C15H20BrNOS. The van der Waals surface area contributed by atoms with E-state index in [0.717, 1.165) is 35.2 Å². The summed E-state index contributed by atoms with van der Waals surface area (Å²) in [5.41, 5.74) is 0.850. The minimum Gasteiger partial charge on any atom is -0.335 e. The first-order valence-electron chi connectivity index (χ1n) is 6.78. The smallest absolute Gasteiger partial charge is 0.255 e. The highest BCUT2D eigenvalue weighted by Crippen LogP contribution is 2.25. The second-order valence-electron chi connectivity index (χ2n) is 4.86. The molecular weight excluding hydrogens is 322 g/mol. The summed E-state index contributed by atoms with van der Waals surface area (Å²) in [6.07, 6.45) is 6.72. The number of rotatable bonds is 3. The molecule has 1 aromatic rings. The number of alkyl halides is 1. The lowest BCUT2D eigenvalue weighted by Gasteiger charge is -2.29. The Morgan fingerprint density at radius 1 is 1.37 bits per heavy atom. The summed E-state index contributed by atoms with van der Waals surface area (Å²) in [5, 5.41) is 0.875. The molecule has 2 nitrogen and oxygen atoms in total. The molecule has 1 amide bonds. The van der Waals surface area contributed by atoms with Crippen LogP contribution in [-0.4, -0.2) is 35.0 Å². The van der Waals surface area contributed by atoms with Gasteiger partial charge in [0.05, 0.1) is 5.56 Å². The maximum absolute atomic E-state index is 12.8. The maximum atomic E-state index is 12.8. The highest BCUT2D eigenvalue weighted by molar-refractivity contribution is 9.09. The van der Waals surface area contributed by atoms with Crippen LogP contribution in [0.15, 0.2) is 29.2 Å². The number of hydrogen-bond donors (Lipinski definition) is 0. The third-order valence-corrected chi connectivity index (χ3v) is 5.20. The number of carbonyl (C=O) groups excluding carboxylic acids is 1. The first-order valence-corrected chi connectivity index (χ1v) is 9.12. The van der Waals surface area contributed by atoms with Crippen LogP contribution in [0.2, 0.25) is 0 Å². The van der Waals surface area contributed by atoms with Crippen molar-refractivity contribution in [3.8, 4) is 0 Å². The topological polar surface area (TPSA) is 20.3 Å². The van der Waals surface area contributed by atoms with E-state index in [2.05, 4.69) is 20.8 Å². The van der Waals surface area contributed by atoms with Gasteiger partial charge in [-0.3, -0.25) is 4.79 Å². The Labute approximate surface area is 128 Å². The van der Waals surface area contributed by atoms with Crippen LogP contribution < -0.4 is 0 Å². The molecule has 1 unspecified atom stereocenters. The standard InChI is InChI=1S/C15H20BrNOS/c1-19-14-9-5-4-8-13(14)15(18)17-10-6-2-3-7-12(17)11-16/h4-5,8-9,12H,2-3,6-7,10-11H2,1H3. The van der Waals surface area contributed by atoms with E-state index in [9.17, 15) is 4.79 Å². The van der Waals surface area contributed by atoms with Crippen LogP contribution in [0.1, 0.15) is 36.0 Å². The van der Waals surface area contributed by atoms with E-state index in [1.807, 2.05) is 30.5 Å². The number of nitrogens with zero attached hydrogens (tertiary/aromatic N) is 1. The fourth-order valence-electron chi connectivity index (χ4n) is 2.58. The number of halogens is 1. The molecule has 0 N–H and O–H groups in total. The Balaban J connectivity index is 2.25. The molecule has 1 atom stereocenters. The van der Waals surface area contributed by atoms with Crippen molar-refractivity contribution in [3.05, 3.63) is 29.8 Å². The third kappa shape index (κ3) is 3.54. The van der Waals surface area contributed by atoms with Gasteiger partial charge in [0.15, 0.2) is 0 Å². The summed E-state index contributed by atoms with van der Waals surface area (Å²) < 4.78 is 0. The van der Waals surface area contributed by atoms with Gasteiger partial charge >= 0.3 is 0 Å². The fourth-order valence-corrected chi connectivity index (χ4v) is 3.84. The Bertz CT molecular complexity index is 438. The SMILES string of the molecule is CSc1ccccc1C(=O)N1CCCCCC1CBr. The molecule has 0 radical (unpaired) electrons. The van der Waals surface area contributed by atoms with Crippen LogP contribution in [0.25, 0.3) is 0 Å². The second kappa shape index (κ2) is 7.34. The molecule has 0 aliphatic carbocycles. The lowest BCUT2D eigenvalue weighted by atomic mass is 10.1. The van der Waals surface area contributed by atoms with Gasteiger partial charge in [-0.25, -0.2) is 0 Å². The Hall–Kier alpha value is -0.480. The third-order valence-electron chi connectivity index (χ3n) is 3.65. The molecule has 1 fully saturated rings. The molecule has 2 rings (SSSR count). The van der Waals surface area contributed by atoms with Crippen LogP contribution in [-0.2, 0) is 0 Å². The monoisotopic (exact) mass is 341 g/mol. The average Bonchev–Trinajstić information content (AvgIpc) is 2.71. The molecule has 0 aromatic heterocycles. The predicted octanol–water partition coefficient (Wildman–Crippen LogP) is 4.19. The van der Waals surface area contributed by atoms with Gasteiger partial charge in [0.25, 0.3) is 5.91 Å². The van der Waals surface area contributed by atoms with Gasteiger partial charge in [0, 0.05) is 22.8 Å². The van der Waals surface area contributed by atoms with Crippen molar-refractivity contribution in [2.45, 2.75) is 36.6 Å². The normalized spacial score (nSPS) is 20.1. The van der Waals surface area contributed by atoms with Gasteiger partial charge in [-0.05, 0) is 31.2 Å². The van der Waals surface area contributed by atoms with Crippen LogP contribution in [0.4, 0.5) is 0 Å². The Morgan fingerprint density at radius 3 is 2.89 bits per heavy atom. The maximum Gasteiger partial charge on any atom is 0.255 e. The number of thioether (sulfide) groups is 1. The number of amides is 1. The zero-order valence-electron chi connectivity index (χ0n) is 11.3. The summed E-state index contributed by atoms with van der Waals surface area (Å²) >= 11 is 5.21. The predicted molar refractivity (Wildman–Crippen MR) is 85.3 cm³/mol. The quantitative estimate of drug-likeness (QED) is 0.606. The molecule has 104 valence electrons. The molecule has 4 heteroatoms. The van der Waals surface area contributed by atoms with Gasteiger partial charge in [-0.2, -0.15) is 0 Å². The Morgan fingerprint density at radius 2 is 2.16 bits per heavy atom. The van der Waals surface area contributed by atoms with Crippen molar-refractivity contribution < 1.29 is 4.79 Å². The van der Waals surface area contributed by atoms with Gasteiger partial charge in [-0.1, -0.05) is 40.9 Å². The highest BCUT2D eigenvalue weighted by Gasteiger charge is 2.26. The van der Waals surface area contributed by atoms with Crippen molar-refractivity contribution in [2.75, 3.05) is 18.1 Å². The molecule has 0 spiro atoms. The van der Waals surface area contributed by atoms with Gasteiger partial charge in [0.2, 0.25) is 0 Å². The van der Waals surface area contributed by atoms with Crippen molar-refractivity contribution in [3.63, 3.8) is 0 Å². The summed E-state index contributed by atoms with van der Waals surface area (Å²) in [6.45, 7) is 0.887. The summed E-state index contributed by atoms with van der Waals surface area (Å²) in [7, 11) is 0. The second-order valence-corrected chi connectivity index (χ2v) is 6.35. The van der Waals surface area contributed by atoms with Gasteiger partial charge in [-0.15, -0.1) is 11.8 Å². The minimum absolute atomic E-state index is 0.191. The summed E-state index contributed by atoms with van der Waals surface area (Å²) in [6, 6.07) is 8.26. The van der Waals surface area contributed by atoms with Gasteiger partial charge in [0.1, 0.15) is 0 Å². The molecule has 1 aliphatic rings. The Kier molecular flexibility index (Phi) is 5.76. The molecule has 1 aliphatic heterocycles. The van der Waals surface area contributed by atoms with E-state index in [4.69, 9.17) is 0 Å². The number of hydrogen-bond acceptors (Lipinski definition) is 2. The molecule has 0 bridgehead atoms. The zero-order valence-corrected chi connectivity index (χ0v) is 13.7. The molecule has 0 saturated carbocycles. The molecule has 19 heavy (non-hydrogen) atoms. The van der Waals surface area contributed by atoms with Crippen molar-refractivity contribution in [2.24, 2.45) is 0 Å². The van der Waals surface area contributed by atoms with Crippen molar-refractivity contribution in [1.82, 2.24) is 4.90 Å². The minimum atomic E-state index is 0.191. The van der Waals surface area contributed by atoms with Crippen LogP contribution >= 0.6 is 27.7 Å². The summed E-state index contributed by atoms with van der Waals surface area (Å²) in [4.78, 5) is 15.9. The molecule has 1 aromatic carbocycles. The average molecular weight is 342 g/mol. The highest BCUT2D eigenvalue weighted by atomic mass is 79.9. The molecule has 1 saturated heterocycles. The lowest BCUT2D eigenvalue weighted by molar-refractivity contribution is 0.0699. The van der Waals surface area contributed by atoms with Crippen molar-refractivity contribution >= 4 is 33.6 Å². The van der Waals surface area contributed by atoms with E-state index in [1.54, 1.807) is 11.8 Å². The zero-order chi connectivity index (χ0) is 13.7. The van der Waals surface area contributed by atoms with Crippen molar-refractivity contribution in [1.29, 1.82) is 0 Å². The first kappa shape index (κ1) is 14.9. The largest absolute Gasteiger partial charge is 0.335 e. The first-order chi connectivity index (χ1) is 9.27. The van der Waals surface area contributed by atoms with E-state index in [1.165, 1.54) is 12.8 Å². The number of likely N-dealkylation sites (tertiary alicyclic amines) is 1. The van der Waals surface area contributed by atoms with E-state index < -0.39 is 0 Å². The van der Waals surface area contributed by atoms with E-state index in [-0.39, 0.29) is 5.91 Å². The number of carbonyl (C=O) groups is 1. The van der Waals surface area contributed by atoms with E-state index >= 15 is 0 Å². The summed E-state index contributed by atoms with van der Waals surface area (Å²) in [5.74, 6) is 0.191. The lowest BCUT2D eigenvalue weighted by Crippen LogP contribution is -2.41. The number of benzene rings is 1. The molecule has 1 heterocycles. The van der Waals surface area contributed by atoms with Gasteiger partial charge < -0.3 is 4.90 Å².